The quantitative estimate of drug-likeness (QED) is 0.517. The lowest BCUT2D eigenvalue weighted by molar-refractivity contribution is -0.146. The fraction of sp³-hybridized carbons (Fsp3) is 0.778. The molecule has 0 aliphatic heterocycles. The van der Waals surface area contributed by atoms with Crippen molar-refractivity contribution in [2.45, 2.75) is 45.0 Å². The van der Waals surface area contributed by atoms with Crippen molar-refractivity contribution in [3.8, 4) is 0 Å². The summed E-state index contributed by atoms with van der Waals surface area (Å²) >= 11 is 0. The molecule has 0 saturated carbocycles. The highest BCUT2D eigenvalue weighted by Crippen LogP contribution is 2.06. The number of hydrogen-bond donors (Lipinski definition) is 3. The van der Waals surface area contributed by atoms with Crippen molar-refractivity contribution >= 4 is 11.6 Å². The third kappa shape index (κ3) is 3.17. The van der Waals surface area contributed by atoms with Gasteiger partial charge in [-0.2, -0.15) is 0 Å². The number of hydrogen-bond acceptors (Lipinski definition) is 5. The zero-order valence-corrected chi connectivity index (χ0v) is 8.30. The average Bonchev–Trinajstić information content (AvgIpc) is 2.23. The van der Waals surface area contributed by atoms with Gasteiger partial charge < -0.3 is 15.3 Å². The summed E-state index contributed by atoms with van der Waals surface area (Å²) in [4.78, 5) is 21.9. The normalized spacial score (nSPS) is 17.2. The first-order chi connectivity index (χ1) is 6.45. The molecule has 5 heteroatoms. The highest BCUT2D eigenvalue weighted by molar-refractivity contribution is 5.87. The minimum Gasteiger partial charge on any atom is -0.387 e. The molecule has 82 valence electrons. The second-order valence-electron chi connectivity index (χ2n) is 3.02. The lowest BCUT2D eigenvalue weighted by Gasteiger charge is -2.20. The molecule has 5 nitrogen and oxygen atoms in total. The maximum absolute atomic E-state index is 10.9. The van der Waals surface area contributed by atoms with Gasteiger partial charge in [0, 0.05) is 12.8 Å². The minimum absolute atomic E-state index is 0.0469. The summed E-state index contributed by atoms with van der Waals surface area (Å²) < 4.78 is 0. The van der Waals surface area contributed by atoms with Crippen molar-refractivity contribution in [1.82, 2.24) is 0 Å². The lowest BCUT2D eigenvalue weighted by atomic mass is 9.99. The molecule has 14 heavy (non-hydrogen) atoms. The van der Waals surface area contributed by atoms with Crippen LogP contribution < -0.4 is 0 Å². The predicted molar refractivity (Wildman–Crippen MR) is 48.6 cm³/mol. The van der Waals surface area contributed by atoms with Crippen LogP contribution in [0.4, 0.5) is 0 Å². The second kappa shape index (κ2) is 5.85. The number of carbonyl (C=O) groups is 2. The van der Waals surface area contributed by atoms with Gasteiger partial charge in [-0.05, 0) is 0 Å². The molecule has 3 N–H and O–H groups in total. The van der Waals surface area contributed by atoms with Gasteiger partial charge in [-0.25, -0.2) is 0 Å². The van der Waals surface area contributed by atoms with Crippen LogP contribution in [0.15, 0.2) is 0 Å². The fourth-order valence-corrected chi connectivity index (χ4v) is 0.972. The summed E-state index contributed by atoms with van der Waals surface area (Å²) in [6, 6.07) is 0. The number of ketones is 2. The van der Waals surface area contributed by atoms with Crippen molar-refractivity contribution in [2.75, 3.05) is 0 Å². The van der Waals surface area contributed by atoms with Gasteiger partial charge in [0.2, 0.25) is 0 Å². The Morgan fingerprint density at radius 3 is 1.43 bits per heavy atom. The summed E-state index contributed by atoms with van der Waals surface area (Å²) in [6.45, 7) is 3.04. The Morgan fingerprint density at radius 1 is 0.929 bits per heavy atom. The first-order valence-corrected chi connectivity index (χ1v) is 4.55. The van der Waals surface area contributed by atoms with Gasteiger partial charge in [0.1, 0.15) is 18.3 Å². The topological polar surface area (TPSA) is 94.8 Å². The van der Waals surface area contributed by atoms with Gasteiger partial charge in [-0.3, -0.25) is 9.59 Å². The molecular formula is C9H16O5. The zero-order valence-electron chi connectivity index (χ0n) is 8.30. The average molecular weight is 204 g/mol. The molecule has 0 rings (SSSR count). The van der Waals surface area contributed by atoms with Crippen molar-refractivity contribution in [2.24, 2.45) is 0 Å². The lowest BCUT2D eigenvalue weighted by Crippen LogP contribution is -2.45. The molecule has 0 saturated heterocycles. The van der Waals surface area contributed by atoms with Crippen LogP contribution in [-0.4, -0.2) is 45.2 Å². The van der Waals surface area contributed by atoms with Crippen LogP contribution in [0.1, 0.15) is 26.7 Å². The highest BCUT2D eigenvalue weighted by Gasteiger charge is 2.32. The third-order valence-corrected chi connectivity index (χ3v) is 2.00. The summed E-state index contributed by atoms with van der Waals surface area (Å²) in [5.41, 5.74) is 0. The van der Waals surface area contributed by atoms with E-state index in [4.69, 9.17) is 0 Å². The van der Waals surface area contributed by atoms with E-state index in [1.165, 1.54) is 13.8 Å². The molecule has 0 aromatic heterocycles. The summed E-state index contributed by atoms with van der Waals surface area (Å²) in [5.74, 6) is -1.19. The summed E-state index contributed by atoms with van der Waals surface area (Å²) in [7, 11) is 0. The summed E-state index contributed by atoms with van der Waals surface area (Å²) in [5, 5.41) is 27.6. The molecule has 0 fully saturated rings. The largest absolute Gasteiger partial charge is 0.387 e. The SMILES string of the molecule is CCC(=O)C(O)C(O)C(O)C(=O)CC. The molecule has 0 aromatic carbocycles. The molecule has 2 unspecified atom stereocenters. The van der Waals surface area contributed by atoms with Crippen LogP contribution in [0.3, 0.4) is 0 Å². The molecule has 0 amide bonds. The zero-order chi connectivity index (χ0) is 11.3. The minimum atomic E-state index is -1.73. The first kappa shape index (κ1) is 13.2. The van der Waals surface area contributed by atoms with E-state index in [0.29, 0.717) is 0 Å². The molecule has 0 aromatic rings. The monoisotopic (exact) mass is 204 g/mol. The van der Waals surface area contributed by atoms with Gasteiger partial charge in [0.25, 0.3) is 0 Å². The molecule has 0 aliphatic rings. The van der Waals surface area contributed by atoms with Crippen molar-refractivity contribution in [3.05, 3.63) is 0 Å². The van der Waals surface area contributed by atoms with Gasteiger partial charge in [-0.1, -0.05) is 13.8 Å². The maximum Gasteiger partial charge on any atom is 0.163 e. The molecule has 0 aliphatic carbocycles. The van der Waals surface area contributed by atoms with Crippen LogP contribution in [-0.2, 0) is 9.59 Å². The van der Waals surface area contributed by atoms with Crippen LogP contribution in [0.25, 0.3) is 0 Å². The first-order valence-electron chi connectivity index (χ1n) is 4.55. The predicted octanol–water partition coefficient (Wildman–Crippen LogP) is -0.973. The molecule has 2 atom stereocenters. The maximum atomic E-state index is 10.9. The van der Waals surface area contributed by atoms with E-state index in [1.807, 2.05) is 0 Å². The number of aliphatic hydroxyl groups excluding tert-OH is 3. The van der Waals surface area contributed by atoms with Gasteiger partial charge in [-0.15, -0.1) is 0 Å². The molecule has 0 bridgehead atoms. The number of carbonyl (C=O) groups excluding carboxylic acids is 2. The number of Topliss-reactive ketones (excluding diaryl/α,β-unsaturated/α-hetero) is 2. The molecular weight excluding hydrogens is 188 g/mol. The van der Waals surface area contributed by atoms with Crippen molar-refractivity contribution in [3.63, 3.8) is 0 Å². The highest BCUT2D eigenvalue weighted by atomic mass is 16.4. The Bertz CT molecular complexity index is 191. The fourth-order valence-electron chi connectivity index (χ4n) is 0.972. The smallest absolute Gasteiger partial charge is 0.163 e. The molecule has 0 heterocycles. The Kier molecular flexibility index (Phi) is 5.52. The van der Waals surface area contributed by atoms with E-state index in [-0.39, 0.29) is 12.8 Å². The number of rotatable bonds is 6. The summed E-state index contributed by atoms with van der Waals surface area (Å²) in [6.07, 6.45) is -5.01. The third-order valence-electron chi connectivity index (χ3n) is 2.00. The van der Waals surface area contributed by atoms with Crippen LogP contribution >= 0.6 is 0 Å². The van der Waals surface area contributed by atoms with E-state index >= 15 is 0 Å². The Hall–Kier alpha value is -0.780. The van der Waals surface area contributed by atoms with E-state index in [2.05, 4.69) is 0 Å². The molecule has 0 spiro atoms. The Balaban J connectivity index is 4.37. The Labute approximate surface area is 82.4 Å². The van der Waals surface area contributed by atoms with Crippen molar-refractivity contribution < 1.29 is 24.9 Å². The van der Waals surface area contributed by atoms with Crippen LogP contribution in [0.2, 0.25) is 0 Å². The van der Waals surface area contributed by atoms with Gasteiger partial charge >= 0.3 is 0 Å². The van der Waals surface area contributed by atoms with E-state index < -0.39 is 29.9 Å². The van der Waals surface area contributed by atoms with E-state index in [0.717, 1.165) is 0 Å². The van der Waals surface area contributed by atoms with Gasteiger partial charge in [0.15, 0.2) is 11.6 Å². The van der Waals surface area contributed by atoms with E-state index in [1.54, 1.807) is 0 Å². The standard InChI is InChI=1S/C9H16O5/c1-3-5(10)7(12)9(14)8(13)6(11)4-2/h7-9,12-14H,3-4H2,1-2H3. The number of aliphatic hydroxyl groups is 3. The second-order valence-corrected chi connectivity index (χ2v) is 3.02. The van der Waals surface area contributed by atoms with Crippen LogP contribution in [0, 0.1) is 0 Å². The Morgan fingerprint density at radius 2 is 1.21 bits per heavy atom. The molecule has 0 radical (unpaired) electrons. The van der Waals surface area contributed by atoms with Crippen molar-refractivity contribution in [1.29, 1.82) is 0 Å². The van der Waals surface area contributed by atoms with E-state index in [9.17, 15) is 24.9 Å². The van der Waals surface area contributed by atoms with Crippen LogP contribution in [0.5, 0.6) is 0 Å². The van der Waals surface area contributed by atoms with Gasteiger partial charge in [0.05, 0.1) is 0 Å².